The summed E-state index contributed by atoms with van der Waals surface area (Å²) >= 11 is 0. The molecule has 23 heavy (non-hydrogen) atoms. The van der Waals surface area contributed by atoms with E-state index in [1.165, 1.54) is 24.3 Å². The Morgan fingerprint density at radius 1 is 1.26 bits per heavy atom. The van der Waals surface area contributed by atoms with E-state index in [4.69, 9.17) is 0 Å². The number of nitrogens with zero attached hydrogens (tertiary/aromatic N) is 1. The molecule has 1 aromatic carbocycles. The van der Waals surface area contributed by atoms with E-state index in [9.17, 15) is 14.0 Å². The number of amides is 2. The fourth-order valence-corrected chi connectivity index (χ4v) is 3.03. The Morgan fingerprint density at radius 3 is 2.65 bits per heavy atom. The zero-order valence-electron chi connectivity index (χ0n) is 13.1. The number of carbonyl (C=O) groups is 2. The molecule has 0 spiro atoms. The van der Waals surface area contributed by atoms with Crippen LogP contribution in [-0.4, -0.2) is 49.4 Å². The lowest BCUT2D eigenvalue weighted by molar-refractivity contribution is -0.126. The molecule has 2 N–H and O–H groups in total. The molecular formula is C17H22FN3O2. The van der Waals surface area contributed by atoms with Gasteiger partial charge in [0, 0.05) is 44.2 Å². The third-order valence-electron chi connectivity index (χ3n) is 4.60. The molecule has 5 nitrogen and oxygen atoms in total. The number of likely N-dealkylation sites (tertiary alicyclic amines) is 1. The van der Waals surface area contributed by atoms with Crippen molar-refractivity contribution in [3.63, 3.8) is 0 Å². The maximum atomic E-state index is 13.0. The molecule has 0 saturated carbocycles. The van der Waals surface area contributed by atoms with E-state index in [1.807, 2.05) is 0 Å². The second-order valence-corrected chi connectivity index (χ2v) is 6.37. The van der Waals surface area contributed by atoms with Gasteiger partial charge in [-0.05, 0) is 37.1 Å². The molecule has 1 atom stereocenters. The molecule has 0 aromatic heterocycles. The van der Waals surface area contributed by atoms with Gasteiger partial charge >= 0.3 is 0 Å². The van der Waals surface area contributed by atoms with Crippen molar-refractivity contribution in [1.29, 1.82) is 0 Å². The number of carbonyl (C=O) groups excluding carboxylic acids is 2. The second kappa shape index (κ2) is 7.08. The highest BCUT2D eigenvalue weighted by molar-refractivity contribution is 5.94. The molecule has 2 aliphatic rings. The summed E-state index contributed by atoms with van der Waals surface area (Å²) in [6.45, 7) is 3.70. The van der Waals surface area contributed by atoms with Crippen molar-refractivity contribution in [2.45, 2.75) is 12.8 Å². The average molecular weight is 319 g/mol. The van der Waals surface area contributed by atoms with Crippen LogP contribution in [-0.2, 0) is 4.79 Å². The molecule has 0 aliphatic carbocycles. The van der Waals surface area contributed by atoms with Gasteiger partial charge in [-0.1, -0.05) is 0 Å². The van der Waals surface area contributed by atoms with Crippen LogP contribution in [0.2, 0.25) is 0 Å². The third kappa shape index (κ3) is 3.88. The molecule has 2 aliphatic heterocycles. The van der Waals surface area contributed by atoms with Gasteiger partial charge in [-0.3, -0.25) is 9.59 Å². The van der Waals surface area contributed by atoms with Crippen molar-refractivity contribution in [1.82, 2.24) is 15.5 Å². The third-order valence-corrected chi connectivity index (χ3v) is 4.60. The molecule has 3 rings (SSSR count). The lowest BCUT2D eigenvalue weighted by Crippen LogP contribution is -2.50. The molecule has 124 valence electrons. The zero-order valence-corrected chi connectivity index (χ0v) is 13.1. The molecule has 6 heteroatoms. The summed E-state index contributed by atoms with van der Waals surface area (Å²) in [5.74, 6) is -0.0807. The van der Waals surface area contributed by atoms with Crippen LogP contribution in [0.1, 0.15) is 23.2 Å². The van der Waals surface area contributed by atoms with Crippen molar-refractivity contribution < 1.29 is 14.0 Å². The van der Waals surface area contributed by atoms with Crippen LogP contribution in [0, 0.1) is 17.7 Å². The maximum Gasteiger partial charge on any atom is 0.253 e. The molecule has 0 bridgehead atoms. The highest BCUT2D eigenvalue weighted by Gasteiger charge is 2.29. The predicted molar refractivity (Wildman–Crippen MR) is 84.4 cm³/mol. The Morgan fingerprint density at radius 2 is 2.00 bits per heavy atom. The minimum absolute atomic E-state index is 0.0357. The monoisotopic (exact) mass is 319 g/mol. The van der Waals surface area contributed by atoms with Gasteiger partial charge < -0.3 is 15.5 Å². The van der Waals surface area contributed by atoms with Gasteiger partial charge in [-0.2, -0.15) is 0 Å². The van der Waals surface area contributed by atoms with Gasteiger partial charge in [-0.15, -0.1) is 0 Å². The number of hydrogen-bond donors (Lipinski definition) is 2. The van der Waals surface area contributed by atoms with Crippen LogP contribution in [0.3, 0.4) is 0 Å². The van der Waals surface area contributed by atoms with E-state index in [0.717, 1.165) is 25.9 Å². The highest BCUT2D eigenvalue weighted by atomic mass is 19.1. The summed E-state index contributed by atoms with van der Waals surface area (Å²) in [7, 11) is 0. The minimum atomic E-state index is -0.358. The first-order chi connectivity index (χ1) is 11.1. The molecule has 1 aromatic rings. The quantitative estimate of drug-likeness (QED) is 0.871. The Hall–Kier alpha value is -1.95. The second-order valence-electron chi connectivity index (χ2n) is 6.37. The van der Waals surface area contributed by atoms with E-state index in [1.54, 1.807) is 4.90 Å². The molecule has 1 unspecified atom stereocenters. The number of halogens is 1. The predicted octanol–water partition coefficient (Wildman–Crippen LogP) is 1.01. The summed E-state index contributed by atoms with van der Waals surface area (Å²) in [5, 5.41) is 6.17. The van der Waals surface area contributed by atoms with Crippen molar-refractivity contribution >= 4 is 11.8 Å². The highest BCUT2D eigenvalue weighted by Crippen LogP contribution is 2.19. The Balaban J connectivity index is 1.55. The SMILES string of the molecule is O=C(NCC1CNC1)C1CCCN(C(=O)c2ccc(F)cc2)C1. The van der Waals surface area contributed by atoms with E-state index in [2.05, 4.69) is 10.6 Å². The van der Waals surface area contributed by atoms with Crippen LogP contribution in [0.4, 0.5) is 4.39 Å². The minimum Gasteiger partial charge on any atom is -0.355 e. The van der Waals surface area contributed by atoms with Crippen LogP contribution in [0.25, 0.3) is 0 Å². The van der Waals surface area contributed by atoms with Gasteiger partial charge in [0.15, 0.2) is 0 Å². The fraction of sp³-hybridized carbons (Fsp3) is 0.529. The van der Waals surface area contributed by atoms with Crippen LogP contribution >= 0.6 is 0 Å². The molecule has 2 fully saturated rings. The van der Waals surface area contributed by atoms with Gasteiger partial charge in [-0.25, -0.2) is 4.39 Å². The van der Waals surface area contributed by atoms with Crippen molar-refractivity contribution in [2.75, 3.05) is 32.7 Å². The standard InChI is InChI=1S/C17H22FN3O2/c18-15-5-3-13(4-6-15)17(23)21-7-1-2-14(11-21)16(22)20-10-12-8-19-9-12/h3-6,12,14,19H,1-2,7-11H2,(H,20,22). The van der Waals surface area contributed by atoms with Crippen LogP contribution in [0.15, 0.2) is 24.3 Å². The van der Waals surface area contributed by atoms with Crippen molar-refractivity contribution in [3.05, 3.63) is 35.6 Å². The smallest absolute Gasteiger partial charge is 0.253 e. The van der Waals surface area contributed by atoms with Crippen molar-refractivity contribution in [3.8, 4) is 0 Å². The normalized spacial score (nSPS) is 21.6. The lowest BCUT2D eigenvalue weighted by atomic mass is 9.95. The average Bonchev–Trinajstić information content (AvgIpc) is 2.53. The largest absolute Gasteiger partial charge is 0.355 e. The molecule has 2 heterocycles. The summed E-state index contributed by atoms with van der Waals surface area (Å²) in [6.07, 6.45) is 1.62. The van der Waals surface area contributed by atoms with Gasteiger partial charge in [0.25, 0.3) is 5.91 Å². The molecule has 0 radical (unpaired) electrons. The van der Waals surface area contributed by atoms with E-state index >= 15 is 0 Å². The van der Waals surface area contributed by atoms with Gasteiger partial charge in [0.1, 0.15) is 5.82 Å². The summed E-state index contributed by atoms with van der Waals surface area (Å²) in [4.78, 5) is 26.4. The van der Waals surface area contributed by atoms with E-state index in [-0.39, 0.29) is 23.5 Å². The maximum absolute atomic E-state index is 13.0. The van der Waals surface area contributed by atoms with Gasteiger partial charge in [0.2, 0.25) is 5.91 Å². The topological polar surface area (TPSA) is 61.4 Å². The Bertz CT molecular complexity index is 572. The number of hydrogen-bond acceptors (Lipinski definition) is 3. The van der Waals surface area contributed by atoms with Crippen molar-refractivity contribution in [2.24, 2.45) is 11.8 Å². The van der Waals surface area contributed by atoms with E-state index in [0.29, 0.717) is 31.1 Å². The first kappa shape index (κ1) is 15.9. The Labute approximate surface area is 135 Å². The Kier molecular flexibility index (Phi) is 4.91. The molecular weight excluding hydrogens is 297 g/mol. The molecule has 2 amide bonds. The number of benzene rings is 1. The number of nitrogens with one attached hydrogen (secondary N) is 2. The summed E-state index contributed by atoms with van der Waals surface area (Å²) in [5.41, 5.74) is 0.466. The number of piperidine rings is 1. The molecule has 2 saturated heterocycles. The summed E-state index contributed by atoms with van der Waals surface area (Å²) in [6, 6.07) is 5.55. The summed E-state index contributed by atoms with van der Waals surface area (Å²) < 4.78 is 13.0. The van der Waals surface area contributed by atoms with Crippen LogP contribution < -0.4 is 10.6 Å². The first-order valence-electron chi connectivity index (χ1n) is 8.17. The van der Waals surface area contributed by atoms with E-state index < -0.39 is 0 Å². The fourth-order valence-electron chi connectivity index (χ4n) is 3.03. The van der Waals surface area contributed by atoms with Crippen LogP contribution in [0.5, 0.6) is 0 Å². The lowest BCUT2D eigenvalue weighted by Gasteiger charge is -2.33. The van der Waals surface area contributed by atoms with Gasteiger partial charge in [0.05, 0.1) is 5.92 Å². The first-order valence-corrected chi connectivity index (χ1v) is 8.17. The number of rotatable bonds is 4. The zero-order chi connectivity index (χ0) is 16.2.